The number of carbonyl (C=O) groups is 1. The maximum Gasteiger partial charge on any atom is 0.275 e. The SMILES string of the molecule is CCc1ccc(/C(C)=N/NC(=O)c2cc(C(C)C)cc(C(C)C)c2O)s1. The van der Waals surface area contributed by atoms with E-state index in [4.69, 9.17) is 0 Å². The fourth-order valence-corrected chi connectivity index (χ4v) is 3.53. The van der Waals surface area contributed by atoms with Gasteiger partial charge in [-0.2, -0.15) is 5.10 Å². The second-order valence-corrected chi connectivity index (χ2v) is 8.24. The molecule has 1 heterocycles. The molecule has 0 radical (unpaired) electrons. The van der Waals surface area contributed by atoms with Crippen molar-refractivity contribution in [2.75, 3.05) is 0 Å². The Balaban J connectivity index is 2.29. The Morgan fingerprint density at radius 2 is 1.88 bits per heavy atom. The summed E-state index contributed by atoms with van der Waals surface area (Å²) in [5.74, 6) is 0.0465. The highest BCUT2D eigenvalue weighted by Gasteiger charge is 2.19. The molecule has 0 unspecified atom stereocenters. The zero-order chi connectivity index (χ0) is 19.4. The van der Waals surface area contributed by atoms with Gasteiger partial charge in [0.15, 0.2) is 0 Å². The summed E-state index contributed by atoms with van der Waals surface area (Å²) in [5.41, 5.74) is 5.44. The molecule has 0 saturated heterocycles. The third-order valence-corrected chi connectivity index (χ3v) is 5.73. The van der Waals surface area contributed by atoms with E-state index in [1.807, 2.05) is 32.9 Å². The van der Waals surface area contributed by atoms with E-state index in [0.29, 0.717) is 0 Å². The Bertz CT molecular complexity index is 819. The number of hydrogen-bond donors (Lipinski definition) is 2. The number of carbonyl (C=O) groups excluding carboxylic acids is 1. The molecule has 1 aromatic carbocycles. The highest BCUT2D eigenvalue weighted by Crippen LogP contribution is 2.33. The van der Waals surface area contributed by atoms with Gasteiger partial charge in [-0.25, -0.2) is 5.43 Å². The second-order valence-electron chi connectivity index (χ2n) is 7.07. The molecular formula is C21H28N2O2S. The topological polar surface area (TPSA) is 61.7 Å². The number of nitrogens with zero attached hydrogens (tertiary/aromatic N) is 1. The smallest absolute Gasteiger partial charge is 0.275 e. The molecular weight excluding hydrogens is 344 g/mol. The molecule has 0 bridgehead atoms. The van der Waals surface area contributed by atoms with E-state index < -0.39 is 5.91 Å². The van der Waals surface area contributed by atoms with Gasteiger partial charge in [-0.15, -0.1) is 11.3 Å². The van der Waals surface area contributed by atoms with E-state index in [0.717, 1.165) is 28.1 Å². The summed E-state index contributed by atoms with van der Waals surface area (Å²) >= 11 is 1.67. The minimum atomic E-state index is -0.390. The predicted molar refractivity (Wildman–Crippen MR) is 110 cm³/mol. The van der Waals surface area contributed by atoms with Crippen molar-refractivity contribution < 1.29 is 9.90 Å². The Hall–Kier alpha value is -2.14. The van der Waals surface area contributed by atoms with Crippen LogP contribution in [0.5, 0.6) is 5.75 Å². The van der Waals surface area contributed by atoms with E-state index in [1.165, 1.54) is 4.88 Å². The summed E-state index contributed by atoms with van der Waals surface area (Å²) in [6, 6.07) is 7.83. The molecule has 2 N–H and O–H groups in total. The molecule has 0 aliphatic rings. The highest BCUT2D eigenvalue weighted by atomic mass is 32.1. The number of phenolic OH excluding ortho intramolecular Hbond substituents is 1. The third-order valence-electron chi connectivity index (χ3n) is 4.39. The fraction of sp³-hybridized carbons (Fsp3) is 0.429. The van der Waals surface area contributed by atoms with Gasteiger partial charge in [0.05, 0.1) is 16.2 Å². The lowest BCUT2D eigenvalue weighted by molar-refractivity contribution is 0.0952. The number of aromatic hydroxyl groups is 1. The number of hydrazone groups is 1. The molecule has 0 aliphatic heterocycles. The van der Waals surface area contributed by atoms with E-state index >= 15 is 0 Å². The summed E-state index contributed by atoms with van der Waals surface area (Å²) < 4.78 is 0. The first kappa shape index (κ1) is 20.2. The van der Waals surface area contributed by atoms with Crippen molar-refractivity contribution in [2.45, 2.75) is 59.8 Å². The largest absolute Gasteiger partial charge is 0.507 e. The molecule has 0 atom stereocenters. The Morgan fingerprint density at radius 3 is 2.42 bits per heavy atom. The van der Waals surface area contributed by atoms with E-state index in [9.17, 15) is 9.90 Å². The van der Waals surface area contributed by atoms with Gasteiger partial charge in [0.25, 0.3) is 5.91 Å². The molecule has 0 fully saturated rings. The molecule has 5 heteroatoms. The number of amides is 1. The first-order valence-electron chi connectivity index (χ1n) is 9.05. The Labute approximate surface area is 160 Å². The number of nitrogens with one attached hydrogen (secondary N) is 1. The van der Waals surface area contributed by atoms with Gasteiger partial charge in [-0.1, -0.05) is 40.7 Å². The zero-order valence-electron chi connectivity index (χ0n) is 16.4. The maximum absolute atomic E-state index is 12.6. The summed E-state index contributed by atoms with van der Waals surface area (Å²) in [7, 11) is 0. The first-order chi connectivity index (χ1) is 12.2. The second kappa shape index (κ2) is 8.49. The molecule has 4 nitrogen and oxygen atoms in total. The van der Waals surface area contributed by atoms with Crippen molar-refractivity contribution in [3.05, 3.63) is 50.7 Å². The van der Waals surface area contributed by atoms with Gasteiger partial charge in [-0.3, -0.25) is 4.79 Å². The molecule has 26 heavy (non-hydrogen) atoms. The number of hydrogen-bond acceptors (Lipinski definition) is 4. The monoisotopic (exact) mass is 372 g/mol. The Morgan fingerprint density at radius 1 is 1.19 bits per heavy atom. The summed E-state index contributed by atoms with van der Waals surface area (Å²) in [5, 5.41) is 14.8. The predicted octanol–water partition coefficient (Wildman–Crippen LogP) is 5.42. The molecule has 1 aromatic heterocycles. The molecule has 2 aromatic rings. The lowest BCUT2D eigenvalue weighted by atomic mass is 9.92. The molecule has 0 aliphatic carbocycles. The van der Waals surface area contributed by atoms with Gasteiger partial charge >= 0.3 is 0 Å². The Kier molecular flexibility index (Phi) is 6.59. The summed E-state index contributed by atoms with van der Waals surface area (Å²) in [6.07, 6.45) is 0.984. The first-order valence-corrected chi connectivity index (χ1v) is 9.86. The third kappa shape index (κ3) is 4.52. The lowest BCUT2D eigenvalue weighted by Crippen LogP contribution is -2.20. The number of benzene rings is 1. The van der Waals surface area contributed by atoms with Crippen LogP contribution in [-0.2, 0) is 6.42 Å². The van der Waals surface area contributed by atoms with Crippen molar-refractivity contribution in [1.82, 2.24) is 5.43 Å². The van der Waals surface area contributed by atoms with Crippen molar-refractivity contribution >= 4 is 23.0 Å². The minimum absolute atomic E-state index is 0.0409. The van der Waals surface area contributed by atoms with Crippen LogP contribution in [0.3, 0.4) is 0 Å². The standard InChI is InChI=1S/C21H28N2O2S/c1-7-16-8-9-19(26-16)14(6)22-23-21(25)18-11-15(12(2)3)10-17(13(4)5)20(18)24/h8-13,24H,7H2,1-6H3,(H,23,25)/b22-14+. The van der Waals surface area contributed by atoms with Crippen LogP contribution in [0.2, 0.25) is 0 Å². The minimum Gasteiger partial charge on any atom is -0.507 e. The van der Waals surface area contributed by atoms with Crippen molar-refractivity contribution in [3.8, 4) is 5.75 Å². The van der Waals surface area contributed by atoms with Crippen LogP contribution < -0.4 is 5.43 Å². The van der Waals surface area contributed by atoms with Crippen LogP contribution in [0.25, 0.3) is 0 Å². The van der Waals surface area contributed by atoms with Gasteiger partial charge in [0, 0.05) is 4.88 Å². The average molecular weight is 373 g/mol. The molecule has 1 amide bonds. The van der Waals surface area contributed by atoms with Crippen LogP contribution in [0.1, 0.15) is 84.6 Å². The van der Waals surface area contributed by atoms with Crippen LogP contribution in [0, 0.1) is 0 Å². The lowest BCUT2D eigenvalue weighted by Gasteiger charge is -2.16. The number of rotatable bonds is 6. The van der Waals surface area contributed by atoms with Gasteiger partial charge in [-0.05, 0) is 54.5 Å². The van der Waals surface area contributed by atoms with Gasteiger partial charge < -0.3 is 5.11 Å². The van der Waals surface area contributed by atoms with Gasteiger partial charge in [0.1, 0.15) is 5.75 Å². The summed E-state index contributed by atoms with van der Waals surface area (Å²) in [6.45, 7) is 12.1. The summed E-state index contributed by atoms with van der Waals surface area (Å²) in [4.78, 5) is 15.0. The number of thiophene rings is 1. The van der Waals surface area contributed by atoms with Crippen molar-refractivity contribution in [1.29, 1.82) is 0 Å². The van der Waals surface area contributed by atoms with Crippen molar-refractivity contribution in [2.24, 2.45) is 5.10 Å². The van der Waals surface area contributed by atoms with Crippen LogP contribution >= 0.6 is 11.3 Å². The molecule has 2 rings (SSSR count). The fourth-order valence-electron chi connectivity index (χ4n) is 2.64. The normalized spacial score (nSPS) is 12.1. The quantitative estimate of drug-likeness (QED) is 0.525. The zero-order valence-corrected chi connectivity index (χ0v) is 17.2. The number of aryl methyl sites for hydroxylation is 1. The maximum atomic E-state index is 12.6. The molecule has 140 valence electrons. The van der Waals surface area contributed by atoms with E-state index in [1.54, 1.807) is 17.4 Å². The van der Waals surface area contributed by atoms with Crippen LogP contribution in [0.15, 0.2) is 29.4 Å². The average Bonchev–Trinajstić information content (AvgIpc) is 3.08. The molecule has 0 spiro atoms. The van der Waals surface area contributed by atoms with E-state index in [2.05, 4.69) is 37.4 Å². The highest BCUT2D eigenvalue weighted by molar-refractivity contribution is 7.14. The molecule has 0 saturated carbocycles. The van der Waals surface area contributed by atoms with Crippen molar-refractivity contribution in [3.63, 3.8) is 0 Å². The van der Waals surface area contributed by atoms with Crippen LogP contribution in [0.4, 0.5) is 0 Å². The number of phenols is 1. The van der Waals surface area contributed by atoms with E-state index in [-0.39, 0.29) is 23.1 Å². The van der Waals surface area contributed by atoms with Gasteiger partial charge in [0.2, 0.25) is 0 Å². The van der Waals surface area contributed by atoms with Crippen LogP contribution in [-0.4, -0.2) is 16.7 Å².